The number of rotatable bonds is 6. The minimum atomic E-state index is 0.0726. The summed E-state index contributed by atoms with van der Waals surface area (Å²) in [6.07, 6.45) is 0.486. The maximum Gasteiger partial charge on any atom is 0.221 e. The van der Waals surface area contributed by atoms with Gasteiger partial charge in [-0.25, -0.2) is 0 Å². The van der Waals surface area contributed by atoms with Gasteiger partial charge in [0.2, 0.25) is 5.91 Å². The first-order valence-electron chi connectivity index (χ1n) is 6.76. The number of fused-ring (bicyclic) bond motifs is 1. The minimum absolute atomic E-state index is 0.0726. The van der Waals surface area contributed by atoms with Gasteiger partial charge in [0.05, 0.1) is 4.47 Å². The van der Waals surface area contributed by atoms with Crippen LogP contribution in [0.3, 0.4) is 0 Å². The summed E-state index contributed by atoms with van der Waals surface area (Å²) in [5.74, 6) is 1.61. The fourth-order valence-electron chi connectivity index (χ4n) is 1.99. The number of carbonyl (C=O) groups is 1. The molecule has 0 spiro atoms. The Morgan fingerprint density at radius 1 is 1.35 bits per heavy atom. The Morgan fingerprint density at radius 2 is 2.15 bits per heavy atom. The predicted octanol–water partition coefficient (Wildman–Crippen LogP) is 1.84. The third kappa shape index (κ3) is 4.11. The molecule has 2 N–H and O–H groups in total. The van der Waals surface area contributed by atoms with Crippen LogP contribution in [0.15, 0.2) is 16.6 Å². The van der Waals surface area contributed by atoms with Crippen molar-refractivity contribution in [3.05, 3.63) is 22.2 Å². The molecule has 0 aliphatic carbocycles. The molecule has 5 nitrogen and oxygen atoms in total. The summed E-state index contributed by atoms with van der Waals surface area (Å²) >= 11 is 3.49. The van der Waals surface area contributed by atoms with Gasteiger partial charge in [-0.3, -0.25) is 4.79 Å². The lowest BCUT2D eigenvalue weighted by Crippen LogP contribution is -2.27. The summed E-state index contributed by atoms with van der Waals surface area (Å²) in [5.41, 5.74) is 1.09. The van der Waals surface area contributed by atoms with E-state index in [1.807, 2.05) is 19.1 Å². The molecule has 6 heteroatoms. The number of halogens is 1. The largest absolute Gasteiger partial charge is 0.486 e. The molecule has 1 amide bonds. The number of amides is 1. The Balaban J connectivity index is 1.84. The van der Waals surface area contributed by atoms with Crippen LogP contribution in [0, 0.1) is 0 Å². The molecular weight excluding hydrogens is 324 g/mol. The zero-order valence-electron chi connectivity index (χ0n) is 11.5. The van der Waals surface area contributed by atoms with Gasteiger partial charge in [-0.2, -0.15) is 0 Å². The van der Waals surface area contributed by atoms with E-state index in [-0.39, 0.29) is 5.91 Å². The van der Waals surface area contributed by atoms with E-state index >= 15 is 0 Å². The van der Waals surface area contributed by atoms with Crippen LogP contribution in [0.4, 0.5) is 0 Å². The second-order valence-electron chi connectivity index (χ2n) is 4.48. The molecule has 1 aliphatic rings. The third-order valence-corrected chi connectivity index (χ3v) is 3.48. The van der Waals surface area contributed by atoms with Crippen molar-refractivity contribution < 1.29 is 14.3 Å². The quantitative estimate of drug-likeness (QED) is 0.774. The first-order valence-corrected chi connectivity index (χ1v) is 7.55. The fraction of sp³-hybridized carbons (Fsp3) is 0.500. The Bertz CT molecular complexity index is 480. The highest BCUT2D eigenvalue weighted by Crippen LogP contribution is 2.38. The topological polar surface area (TPSA) is 59.6 Å². The van der Waals surface area contributed by atoms with Crippen LogP contribution in [0.1, 0.15) is 18.9 Å². The van der Waals surface area contributed by atoms with Crippen LogP contribution in [0.2, 0.25) is 0 Å². The van der Waals surface area contributed by atoms with Crippen molar-refractivity contribution in [3.8, 4) is 11.5 Å². The molecule has 0 aromatic heterocycles. The van der Waals surface area contributed by atoms with E-state index in [0.717, 1.165) is 21.5 Å². The predicted molar refractivity (Wildman–Crippen MR) is 80.1 cm³/mol. The number of ether oxygens (including phenoxy) is 2. The van der Waals surface area contributed by atoms with E-state index < -0.39 is 0 Å². The number of benzene rings is 1. The molecule has 0 bridgehead atoms. The van der Waals surface area contributed by atoms with E-state index in [9.17, 15) is 4.79 Å². The van der Waals surface area contributed by atoms with Gasteiger partial charge in [-0.05, 0) is 40.5 Å². The number of carbonyl (C=O) groups excluding carboxylic acids is 1. The van der Waals surface area contributed by atoms with E-state index in [1.54, 1.807) is 0 Å². The summed E-state index contributed by atoms with van der Waals surface area (Å²) in [7, 11) is 0. The second kappa shape index (κ2) is 7.50. The molecule has 110 valence electrons. The number of hydrogen-bond acceptors (Lipinski definition) is 4. The van der Waals surface area contributed by atoms with E-state index in [4.69, 9.17) is 9.47 Å². The Kier molecular flexibility index (Phi) is 5.67. The van der Waals surface area contributed by atoms with Gasteiger partial charge >= 0.3 is 0 Å². The number of hydrogen-bond donors (Lipinski definition) is 2. The highest BCUT2D eigenvalue weighted by atomic mass is 79.9. The van der Waals surface area contributed by atoms with Gasteiger partial charge in [-0.15, -0.1) is 0 Å². The van der Waals surface area contributed by atoms with Crippen molar-refractivity contribution in [1.82, 2.24) is 10.6 Å². The molecule has 0 fully saturated rings. The molecule has 0 saturated heterocycles. The zero-order chi connectivity index (χ0) is 14.4. The summed E-state index contributed by atoms with van der Waals surface area (Å²) < 4.78 is 12.0. The lowest BCUT2D eigenvalue weighted by Gasteiger charge is -2.20. The summed E-state index contributed by atoms with van der Waals surface area (Å²) in [6.45, 7) is 5.09. The van der Waals surface area contributed by atoms with Crippen molar-refractivity contribution in [2.24, 2.45) is 0 Å². The smallest absolute Gasteiger partial charge is 0.221 e. The molecule has 0 unspecified atom stereocenters. The first-order chi connectivity index (χ1) is 9.70. The van der Waals surface area contributed by atoms with Gasteiger partial charge in [-0.1, -0.05) is 0 Å². The molecule has 0 saturated carbocycles. The van der Waals surface area contributed by atoms with Gasteiger partial charge < -0.3 is 20.1 Å². The monoisotopic (exact) mass is 342 g/mol. The molecule has 1 aromatic rings. The van der Waals surface area contributed by atoms with Crippen molar-refractivity contribution in [1.29, 1.82) is 0 Å². The van der Waals surface area contributed by atoms with Crippen molar-refractivity contribution in [3.63, 3.8) is 0 Å². The summed E-state index contributed by atoms with van der Waals surface area (Å²) in [4.78, 5) is 11.3. The molecule has 1 heterocycles. The lowest BCUT2D eigenvalue weighted by molar-refractivity contribution is -0.120. The normalized spacial score (nSPS) is 13.1. The van der Waals surface area contributed by atoms with E-state index in [0.29, 0.717) is 39.3 Å². The average Bonchev–Trinajstić information content (AvgIpc) is 2.44. The first kappa shape index (κ1) is 15.1. The van der Waals surface area contributed by atoms with Crippen LogP contribution in [-0.4, -0.2) is 32.2 Å². The molecule has 1 aromatic carbocycles. The Hall–Kier alpha value is -1.27. The Labute approximate surface area is 127 Å². The van der Waals surface area contributed by atoms with Gasteiger partial charge in [0.25, 0.3) is 0 Å². The van der Waals surface area contributed by atoms with Crippen LogP contribution >= 0.6 is 15.9 Å². The van der Waals surface area contributed by atoms with Crippen molar-refractivity contribution >= 4 is 21.8 Å². The zero-order valence-corrected chi connectivity index (χ0v) is 13.1. The van der Waals surface area contributed by atoms with Gasteiger partial charge in [0, 0.05) is 26.1 Å². The van der Waals surface area contributed by atoms with Gasteiger partial charge in [0.1, 0.15) is 13.2 Å². The standard InChI is InChI=1S/C14H19BrN2O3/c1-2-17-13(18)3-4-16-9-10-7-11(15)14-12(8-10)19-5-6-20-14/h7-8,16H,2-6,9H2,1H3,(H,17,18). The lowest BCUT2D eigenvalue weighted by atomic mass is 10.2. The van der Waals surface area contributed by atoms with Crippen LogP contribution in [0.5, 0.6) is 11.5 Å². The maximum absolute atomic E-state index is 11.3. The third-order valence-electron chi connectivity index (χ3n) is 2.89. The fourth-order valence-corrected chi connectivity index (χ4v) is 2.59. The van der Waals surface area contributed by atoms with Gasteiger partial charge in [0.15, 0.2) is 11.5 Å². The number of nitrogens with one attached hydrogen (secondary N) is 2. The van der Waals surface area contributed by atoms with E-state index in [1.165, 1.54) is 0 Å². The second-order valence-corrected chi connectivity index (χ2v) is 5.34. The molecule has 2 rings (SSSR count). The molecule has 0 radical (unpaired) electrons. The Morgan fingerprint density at radius 3 is 2.95 bits per heavy atom. The van der Waals surface area contributed by atoms with Crippen LogP contribution in [0.25, 0.3) is 0 Å². The van der Waals surface area contributed by atoms with Crippen LogP contribution in [-0.2, 0) is 11.3 Å². The SMILES string of the molecule is CCNC(=O)CCNCc1cc(Br)c2c(c1)OCCO2. The molecular formula is C14H19BrN2O3. The van der Waals surface area contributed by atoms with Crippen LogP contribution < -0.4 is 20.1 Å². The molecule has 0 atom stereocenters. The highest BCUT2D eigenvalue weighted by Gasteiger charge is 2.16. The summed E-state index contributed by atoms with van der Waals surface area (Å²) in [5, 5.41) is 6.02. The molecule has 20 heavy (non-hydrogen) atoms. The van der Waals surface area contributed by atoms with Crippen molar-refractivity contribution in [2.45, 2.75) is 19.9 Å². The molecule has 1 aliphatic heterocycles. The van der Waals surface area contributed by atoms with E-state index in [2.05, 4.69) is 26.6 Å². The van der Waals surface area contributed by atoms with Crippen molar-refractivity contribution in [2.75, 3.05) is 26.3 Å². The average molecular weight is 343 g/mol. The highest BCUT2D eigenvalue weighted by molar-refractivity contribution is 9.10. The maximum atomic E-state index is 11.3. The minimum Gasteiger partial charge on any atom is -0.486 e. The summed E-state index contributed by atoms with van der Waals surface area (Å²) in [6, 6.07) is 3.98.